The summed E-state index contributed by atoms with van der Waals surface area (Å²) < 4.78 is 0. The smallest absolute Gasteiger partial charge is 0.0406 e. The van der Waals surface area contributed by atoms with Crippen LogP contribution in [0, 0.1) is 5.92 Å². The Morgan fingerprint density at radius 1 is 1.17 bits per heavy atom. The molecule has 2 nitrogen and oxygen atoms in total. The number of aromatic amines is 1. The molecule has 0 spiro atoms. The van der Waals surface area contributed by atoms with Gasteiger partial charge >= 0.3 is 0 Å². The first kappa shape index (κ1) is 13.2. The van der Waals surface area contributed by atoms with Gasteiger partial charge in [-0.2, -0.15) is 0 Å². The van der Waals surface area contributed by atoms with Gasteiger partial charge in [0.05, 0.1) is 0 Å². The normalized spacial score (nSPS) is 12.9. The molecule has 0 saturated heterocycles. The molecule has 18 heavy (non-hydrogen) atoms. The molecule has 2 rings (SSSR count). The van der Waals surface area contributed by atoms with E-state index in [2.05, 4.69) is 42.3 Å². The largest absolute Gasteiger partial charge is 0.364 e. The number of hydrogen-bond acceptors (Lipinski definition) is 1. The van der Waals surface area contributed by atoms with Gasteiger partial charge in [-0.3, -0.25) is 0 Å². The molecule has 1 aromatic heterocycles. The summed E-state index contributed by atoms with van der Waals surface area (Å²) in [6.45, 7) is 5.29. The summed E-state index contributed by atoms with van der Waals surface area (Å²) in [7, 11) is 0. The van der Waals surface area contributed by atoms with Crippen LogP contribution in [0.15, 0.2) is 42.6 Å². The maximum atomic E-state index is 5.93. The standard InChI is InChI=1S/C15H19ClN2/c1-11(2)15(12-5-7-13(16)8-6-12)18-10-14-4-3-9-17-14/h3-9,11,15,17-18H,10H2,1-2H3. The van der Waals surface area contributed by atoms with E-state index < -0.39 is 0 Å². The van der Waals surface area contributed by atoms with Crippen LogP contribution < -0.4 is 5.32 Å². The SMILES string of the molecule is CC(C)C(NCc1ccc[nH]1)c1ccc(Cl)cc1. The van der Waals surface area contributed by atoms with Crippen molar-refractivity contribution in [3.05, 3.63) is 58.9 Å². The second kappa shape index (κ2) is 6.07. The van der Waals surface area contributed by atoms with Gasteiger partial charge in [-0.1, -0.05) is 37.6 Å². The molecular weight excluding hydrogens is 244 g/mol. The average Bonchev–Trinajstić information content (AvgIpc) is 2.84. The molecule has 0 amide bonds. The lowest BCUT2D eigenvalue weighted by Gasteiger charge is -2.23. The number of hydrogen-bond donors (Lipinski definition) is 2. The van der Waals surface area contributed by atoms with Crippen molar-refractivity contribution in [2.75, 3.05) is 0 Å². The molecule has 96 valence electrons. The van der Waals surface area contributed by atoms with Gasteiger partial charge in [0.15, 0.2) is 0 Å². The summed E-state index contributed by atoms with van der Waals surface area (Å²) in [6, 6.07) is 12.5. The minimum absolute atomic E-state index is 0.338. The number of H-pyrrole nitrogens is 1. The van der Waals surface area contributed by atoms with Crippen LogP contribution in [0.2, 0.25) is 5.02 Å². The van der Waals surface area contributed by atoms with Crippen molar-refractivity contribution in [1.82, 2.24) is 10.3 Å². The Morgan fingerprint density at radius 3 is 2.44 bits per heavy atom. The molecule has 0 bridgehead atoms. The van der Waals surface area contributed by atoms with Gasteiger partial charge < -0.3 is 10.3 Å². The summed E-state index contributed by atoms with van der Waals surface area (Å²) >= 11 is 5.93. The van der Waals surface area contributed by atoms with E-state index in [1.165, 1.54) is 11.3 Å². The number of aromatic nitrogens is 1. The summed E-state index contributed by atoms with van der Waals surface area (Å²) in [5, 5.41) is 4.37. The highest BCUT2D eigenvalue weighted by Gasteiger charge is 2.15. The van der Waals surface area contributed by atoms with Crippen LogP contribution in [0.5, 0.6) is 0 Å². The molecule has 0 aliphatic rings. The van der Waals surface area contributed by atoms with Gasteiger partial charge in [-0.15, -0.1) is 0 Å². The molecular formula is C15H19ClN2. The van der Waals surface area contributed by atoms with Gasteiger partial charge in [0.1, 0.15) is 0 Å². The zero-order valence-electron chi connectivity index (χ0n) is 10.8. The van der Waals surface area contributed by atoms with Crippen molar-refractivity contribution >= 4 is 11.6 Å². The van der Waals surface area contributed by atoms with Crippen LogP contribution in [-0.2, 0) is 6.54 Å². The maximum absolute atomic E-state index is 5.93. The molecule has 2 N–H and O–H groups in total. The molecule has 1 atom stereocenters. The van der Waals surface area contributed by atoms with Gasteiger partial charge in [-0.25, -0.2) is 0 Å². The quantitative estimate of drug-likeness (QED) is 0.832. The zero-order valence-corrected chi connectivity index (χ0v) is 11.5. The Bertz CT molecular complexity index is 460. The van der Waals surface area contributed by atoms with Crippen molar-refractivity contribution in [2.45, 2.75) is 26.4 Å². The first-order valence-electron chi connectivity index (χ1n) is 6.28. The highest BCUT2D eigenvalue weighted by molar-refractivity contribution is 6.30. The van der Waals surface area contributed by atoms with E-state index >= 15 is 0 Å². The number of halogens is 1. The lowest BCUT2D eigenvalue weighted by molar-refractivity contribution is 0.409. The molecule has 0 aliphatic heterocycles. The van der Waals surface area contributed by atoms with Crippen LogP contribution in [-0.4, -0.2) is 4.98 Å². The molecule has 2 aromatic rings. The van der Waals surface area contributed by atoms with Crippen LogP contribution >= 0.6 is 11.6 Å². The van der Waals surface area contributed by atoms with Gasteiger partial charge in [0.2, 0.25) is 0 Å². The van der Waals surface area contributed by atoms with E-state index in [4.69, 9.17) is 11.6 Å². The number of benzene rings is 1. The Hall–Kier alpha value is -1.25. The molecule has 1 heterocycles. The van der Waals surface area contributed by atoms with E-state index in [9.17, 15) is 0 Å². The fourth-order valence-electron chi connectivity index (χ4n) is 2.11. The zero-order chi connectivity index (χ0) is 13.0. The van der Waals surface area contributed by atoms with Crippen molar-refractivity contribution in [3.63, 3.8) is 0 Å². The molecule has 0 radical (unpaired) electrons. The highest BCUT2D eigenvalue weighted by atomic mass is 35.5. The highest BCUT2D eigenvalue weighted by Crippen LogP contribution is 2.23. The van der Waals surface area contributed by atoms with Gasteiger partial charge in [0, 0.05) is 29.5 Å². The molecule has 0 aliphatic carbocycles. The summed E-state index contributed by atoms with van der Waals surface area (Å²) in [5.41, 5.74) is 2.48. The fraction of sp³-hybridized carbons (Fsp3) is 0.333. The third-order valence-corrected chi connectivity index (χ3v) is 3.32. The Labute approximate surface area is 113 Å². The van der Waals surface area contributed by atoms with Crippen molar-refractivity contribution in [2.24, 2.45) is 5.92 Å². The third kappa shape index (κ3) is 3.37. The van der Waals surface area contributed by atoms with Crippen molar-refractivity contribution in [3.8, 4) is 0 Å². The average molecular weight is 263 g/mol. The summed E-state index contributed by atoms with van der Waals surface area (Å²) in [6.07, 6.45) is 1.95. The second-order valence-electron chi connectivity index (χ2n) is 4.85. The predicted octanol–water partition coefficient (Wildman–Crippen LogP) is 4.16. The summed E-state index contributed by atoms with van der Waals surface area (Å²) in [5.74, 6) is 0.529. The van der Waals surface area contributed by atoms with Crippen molar-refractivity contribution in [1.29, 1.82) is 0 Å². The third-order valence-electron chi connectivity index (χ3n) is 3.07. The second-order valence-corrected chi connectivity index (χ2v) is 5.29. The minimum atomic E-state index is 0.338. The van der Waals surface area contributed by atoms with E-state index in [0.29, 0.717) is 12.0 Å². The van der Waals surface area contributed by atoms with Gasteiger partial charge in [0.25, 0.3) is 0 Å². The van der Waals surface area contributed by atoms with Crippen LogP contribution in [0.4, 0.5) is 0 Å². The Morgan fingerprint density at radius 2 is 1.89 bits per heavy atom. The van der Waals surface area contributed by atoms with E-state index in [1.54, 1.807) is 0 Å². The lowest BCUT2D eigenvalue weighted by atomic mass is 9.96. The van der Waals surface area contributed by atoms with Crippen molar-refractivity contribution < 1.29 is 0 Å². The topological polar surface area (TPSA) is 27.8 Å². The minimum Gasteiger partial charge on any atom is -0.364 e. The maximum Gasteiger partial charge on any atom is 0.0406 e. The number of rotatable bonds is 5. The van der Waals surface area contributed by atoms with E-state index in [-0.39, 0.29) is 0 Å². The molecule has 0 fully saturated rings. The predicted molar refractivity (Wildman–Crippen MR) is 76.7 cm³/mol. The Kier molecular flexibility index (Phi) is 4.45. The molecule has 0 saturated carbocycles. The monoisotopic (exact) mass is 262 g/mol. The van der Waals surface area contributed by atoms with Crippen LogP contribution in [0.25, 0.3) is 0 Å². The molecule has 3 heteroatoms. The van der Waals surface area contributed by atoms with Crippen LogP contribution in [0.3, 0.4) is 0 Å². The van der Waals surface area contributed by atoms with E-state index in [0.717, 1.165) is 11.6 Å². The van der Waals surface area contributed by atoms with Gasteiger partial charge in [-0.05, 0) is 35.7 Å². The van der Waals surface area contributed by atoms with E-state index in [1.807, 2.05) is 24.4 Å². The molecule has 1 aromatic carbocycles. The lowest BCUT2D eigenvalue weighted by Crippen LogP contribution is -2.25. The molecule has 1 unspecified atom stereocenters. The Balaban J connectivity index is 2.06. The fourth-order valence-corrected chi connectivity index (χ4v) is 2.23. The number of nitrogens with one attached hydrogen (secondary N) is 2. The summed E-state index contributed by atoms with van der Waals surface area (Å²) in [4.78, 5) is 3.21. The first-order chi connectivity index (χ1) is 8.66. The first-order valence-corrected chi connectivity index (χ1v) is 6.65. The van der Waals surface area contributed by atoms with Crippen LogP contribution in [0.1, 0.15) is 31.1 Å².